The molecule has 24 heavy (non-hydrogen) atoms. The molecule has 0 spiro atoms. The Morgan fingerprint density at radius 1 is 1.33 bits per heavy atom. The van der Waals surface area contributed by atoms with Gasteiger partial charge in [0.15, 0.2) is 0 Å². The van der Waals surface area contributed by atoms with E-state index >= 15 is 0 Å². The minimum atomic E-state index is -0.738. The van der Waals surface area contributed by atoms with Crippen LogP contribution in [-0.2, 0) is 9.59 Å². The summed E-state index contributed by atoms with van der Waals surface area (Å²) in [7, 11) is 0. The third-order valence-electron chi connectivity index (χ3n) is 4.87. The zero-order valence-electron chi connectivity index (χ0n) is 14.6. The fourth-order valence-electron chi connectivity index (χ4n) is 3.47. The Morgan fingerprint density at radius 2 is 2.04 bits per heavy atom. The van der Waals surface area contributed by atoms with Crippen molar-refractivity contribution in [3.63, 3.8) is 0 Å². The van der Waals surface area contributed by atoms with Crippen molar-refractivity contribution in [1.29, 1.82) is 0 Å². The number of hydrogen-bond donors (Lipinski definition) is 1. The molecule has 1 aliphatic rings. The van der Waals surface area contributed by atoms with E-state index in [-0.39, 0.29) is 18.4 Å². The lowest BCUT2D eigenvalue weighted by molar-refractivity contribution is -0.137. The topological polar surface area (TPSA) is 60.9 Å². The van der Waals surface area contributed by atoms with E-state index in [0.717, 1.165) is 31.6 Å². The molecule has 1 aliphatic heterocycles. The van der Waals surface area contributed by atoms with Gasteiger partial charge in [-0.2, -0.15) is 0 Å². The average Bonchev–Trinajstić information content (AvgIpc) is 2.61. The van der Waals surface area contributed by atoms with Crippen LogP contribution in [-0.4, -0.2) is 47.6 Å². The number of amides is 1. The maximum atomic E-state index is 12.9. The summed E-state index contributed by atoms with van der Waals surface area (Å²) in [5, 5.41) is 8.86. The molecule has 5 nitrogen and oxygen atoms in total. The van der Waals surface area contributed by atoms with Crippen LogP contribution in [0.25, 0.3) is 0 Å². The van der Waals surface area contributed by atoms with Gasteiger partial charge in [0.05, 0.1) is 6.04 Å². The predicted molar refractivity (Wildman–Crippen MR) is 95.1 cm³/mol. The van der Waals surface area contributed by atoms with Gasteiger partial charge < -0.3 is 10.0 Å². The Kier molecular flexibility index (Phi) is 6.79. The fourth-order valence-corrected chi connectivity index (χ4v) is 3.47. The lowest BCUT2D eigenvalue weighted by Gasteiger charge is -2.38. The SMILES string of the molecule is CCN(C(=O)C(C)N1CCCC(CCC(=O)O)C1)c1ccccc1. The molecular weight excluding hydrogens is 304 g/mol. The van der Waals surface area contributed by atoms with Gasteiger partial charge in [-0.3, -0.25) is 14.5 Å². The molecule has 1 fully saturated rings. The molecule has 5 heteroatoms. The number of carbonyl (C=O) groups excluding carboxylic acids is 1. The van der Waals surface area contributed by atoms with Crippen molar-refractivity contribution in [3.8, 4) is 0 Å². The number of carbonyl (C=O) groups is 2. The number of rotatable bonds is 7. The summed E-state index contributed by atoms with van der Waals surface area (Å²) < 4.78 is 0. The number of anilines is 1. The van der Waals surface area contributed by atoms with Gasteiger partial charge in [0, 0.05) is 25.2 Å². The van der Waals surface area contributed by atoms with Crippen LogP contribution in [0.3, 0.4) is 0 Å². The number of carboxylic acid groups (broad SMARTS) is 1. The van der Waals surface area contributed by atoms with Gasteiger partial charge in [0.2, 0.25) is 5.91 Å². The number of benzene rings is 1. The number of likely N-dealkylation sites (tertiary alicyclic amines) is 1. The van der Waals surface area contributed by atoms with Crippen molar-refractivity contribution in [3.05, 3.63) is 30.3 Å². The van der Waals surface area contributed by atoms with E-state index in [9.17, 15) is 9.59 Å². The molecule has 1 N–H and O–H groups in total. The minimum Gasteiger partial charge on any atom is -0.481 e. The first kappa shape index (κ1) is 18.5. The Balaban J connectivity index is 1.99. The van der Waals surface area contributed by atoms with E-state index in [1.165, 1.54) is 0 Å². The van der Waals surface area contributed by atoms with Gasteiger partial charge >= 0.3 is 5.97 Å². The van der Waals surface area contributed by atoms with E-state index in [1.807, 2.05) is 49.1 Å². The third-order valence-corrected chi connectivity index (χ3v) is 4.87. The van der Waals surface area contributed by atoms with E-state index in [2.05, 4.69) is 4.90 Å². The first-order valence-electron chi connectivity index (χ1n) is 8.85. The molecule has 1 aromatic carbocycles. The Morgan fingerprint density at radius 3 is 2.67 bits per heavy atom. The molecule has 0 radical (unpaired) electrons. The Hall–Kier alpha value is -1.88. The van der Waals surface area contributed by atoms with Crippen molar-refractivity contribution >= 4 is 17.6 Å². The van der Waals surface area contributed by atoms with E-state index in [4.69, 9.17) is 5.11 Å². The summed E-state index contributed by atoms with van der Waals surface area (Å²) >= 11 is 0. The van der Waals surface area contributed by atoms with Gasteiger partial charge in [0.25, 0.3) is 0 Å². The third kappa shape index (κ3) is 4.81. The van der Waals surface area contributed by atoms with Crippen molar-refractivity contribution < 1.29 is 14.7 Å². The predicted octanol–water partition coefficient (Wildman–Crippen LogP) is 3.00. The Labute approximate surface area is 144 Å². The summed E-state index contributed by atoms with van der Waals surface area (Å²) in [6.45, 7) is 6.32. The van der Waals surface area contributed by atoms with Crippen molar-refractivity contribution in [2.24, 2.45) is 5.92 Å². The van der Waals surface area contributed by atoms with Crippen LogP contribution in [0.4, 0.5) is 5.69 Å². The van der Waals surface area contributed by atoms with E-state index < -0.39 is 5.97 Å². The number of nitrogens with zero attached hydrogens (tertiary/aromatic N) is 2. The van der Waals surface area contributed by atoms with Crippen LogP contribution in [0.5, 0.6) is 0 Å². The molecule has 2 unspecified atom stereocenters. The molecule has 0 aromatic heterocycles. The quantitative estimate of drug-likeness (QED) is 0.834. The maximum absolute atomic E-state index is 12.9. The van der Waals surface area contributed by atoms with Crippen LogP contribution in [0.1, 0.15) is 39.5 Å². The molecular formula is C19H28N2O3. The smallest absolute Gasteiger partial charge is 0.303 e. The second-order valence-electron chi connectivity index (χ2n) is 6.53. The fraction of sp³-hybridized carbons (Fsp3) is 0.579. The van der Waals surface area contributed by atoms with Crippen LogP contribution in [0.15, 0.2) is 30.3 Å². The second-order valence-corrected chi connectivity index (χ2v) is 6.53. The zero-order chi connectivity index (χ0) is 17.5. The average molecular weight is 332 g/mol. The highest BCUT2D eigenvalue weighted by Crippen LogP contribution is 2.24. The highest BCUT2D eigenvalue weighted by atomic mass is 16.4. The van der Waals surface area contributed by atoms with Gasteiger partial charge in [-0.25, -0.2) is 0 Å². The summed E-state index contributed by atoms with van der Waals surface area (Å²) in [4.78, 5) is 27.8. The minimum absolute atomic E-state index is 0.114. The van der Waals surface area contributed by atoms with E-state index in [1.54, 1.807) is 0 Å². The summed E-state index contributed by atoms with van der Waals surface area (Å²) in [6, 6.07) is 9.57. The van der Waals surface area contributed by atoms with Gasteiger partial charge in [0.1, 0.15) is 0 Å². The molecule has 0 aliphatic carbocycles. The Bertz CT molecular complexity index is 547. The molecule has 2 atom stereocenters. The molecule has 1 aromatic rings. The van der Waals surface area contributed by atoms with Crippen LogP contribution in [0.2, 0.25) is 0 Å². The highest BCUT2D eigenvalue weighted by Gasteiger charge is 2.30. The lowest BCUT2D eigenvalue weighted by Crippen LogP contribution is -2.50. The first-order valence-corrected chi connectivity index (χ1v) is 8.85. The van der Waals surface area contributed by atoms with Crippen molar-refractivity contribution in [2.75, 3.05) is 24.5 Å². The normalized spacial score (nSPS) is 19.7. The van der Waals surface area contributed by atoms with Crippen molar-refractivity contribution in [2.45, 2.75) is 45.6 Å². The number of aliphatic carboxylic acids is 1. The van der Waals surface area contributed by atoms with Crippen molar-refractivity contribution in [1.82, 2.24) is 4.90 Å². The molecule has 1 saturated heterocycles. The molecule has 2 rings (SSSR count). The zero-order valence-corrected chi connectivity index (χ0v) is 14.6. The highest BCUT2D eigenvalue weighted by molar-refractivity contribution is 5.96. The molecule has 1 heterocycles. The van der Waals surface area contributed by atoms with Gasteiger partial charge in [-0.15, -0.1) is 0 Å². The van der Waals surface area contributed by atoms with E-state index in [0.29, 0.717) is 18.9 Å². The number of likely N-dealkylation sites (N-methyl/N-ethyl adjacent to an activating group) is 1. The van der Waals surface area contributed by atoms with Crippen LogP contribution >= 0.6 is 0 Å². The summed E-state index contributed by atoms with van der Waals surface area (Å²) in [5.41, 5.74) is 0.927. The number of carboxylic acids is 1. The molecule has 0 saturated carbocycles. The lowest BCUT2D eigenvalue weighted by atomic mass is 9.92. The van der Waals surface area contributed by atoms with Crippen LogP contribution in [0, 0.1) is 5.92 Å². The summed E-state index contributed by atoms with van der Waals surface area (Å²) in [5.74, 6) is -0.253. The number of hydrogen-bond acceptors (Lipinski definition) is 3. The standard InChI is InChI=1S/C19H28N2O3/c1-3-21(17-9-5-4-6-10-17)19(24)15(2)20-13-7-8-16(14-20)11-12-18(22)23/h4-6,9-10,15-16H,3,7-8,11-14H2,1-2H3,(H,22,23). The second kappa shape index (κ2) is 8.83. The number of piperidine rings is 1. The van der Waals surface area contributed by atoms with Crippen LogP contribution < -0.4 is 4.90 Å². The van der Waals surface area contributed by atoms with Gasteiger partial charge in [-0.05, 0) is 57.7 Å². The summed E-state index contributed by atoms with van der Waals surface area (Å²) in [6.07, 6.45) is 3.00. The molecule has 132 valence electrons. The monoisotopic (exact) mass is 332 g/mol. The number of para-hydroxylation sites is 1. The molecule has 1 amide bonds. The van der Waals surface area contributed by atoms with Gasteiger partial charge in [-0.1, -0.05) is 18.2 Å². The maximum Gasteiger partial charge on any atom is 0.303 e. The largest absolute Gasteiger partial charge is 0.481 e. The first-order chi connectivity index (χ1) is 11.5. The molecule has 0 bridgehead atoms.